The Morgan fingerprint density at radius 3 is 2.78 bits per heavy atom. The van der Waals surface area contributed by atoms with Crippen molar-refractivity contribution in [1.29, 1.82) is 0 Å². The van der Waals surface area contributed by atoms with E-state index in [0.717, 1.165) is 31.7 Å². The highest BCUT2D eigenvalue weighted by atomic mass is 35.5. The van der Waals surface area contributed by atoms with E-state index < -0.39 is 0 Å². The van der Waals surface area contributed by atoms with E-state index in [1.54, 1.807) is 6.07 Å². The standard InChI is InChI=1S/C13H19Cl2N3/c1-3-11-9-18(7-6-17(11)2)8-10-4-5-12(14)16-13(10)15/h4-5,11H,3,6-9H2,1-2H3. The van der Waals surface area contributed by atoms with Gasteiger partial charge in [0.2, 0.25) is 0 Å². The SMILES string of the molecule is CCC1CN(Cc2ccc(Cl)nc2Cl)CCN1C. The van der Waals surface area contributed by atoms with Crippen molar-refractivity contribution in [2.45, 2.75) is 25.9 Å². The molecule has 1 aliphatic heterocycles. The highest BCUT2D eigenvalue weighted by Crippen LogP contribution is 2.20. The zero-order chi connectivity index (χ0) is 13.1. The minimum absolute atomic E-state index is 0.452. The monoisotopic (exact) mass is 287 g/mol. The van der Waals surface area contributed by atoms with Gasteiger partial charge in [-0.1, -0.05) is 36.2 Å². The number of halogens is 2. The van der Waals surface area contributed by atoms with Crippen molar-refractivity contribution < 1.29 is 0 Å². The summed E-state index contributed by atoms with van der Waals surface area (Å²) in [6.45, 7) is 6.36. The third-order valence-electron chi connectivity index (χ3n) is 3.62. The molecule has 0 radical (unpaired) electrons. The number of nitrogens with zero attached hydrogens (tertiary/aromatic N) is 3. The Labute approximate surface area is 119 Å². The van der Waals surface area contributed by atoms with Gasteiger partial charge in [-0.15, -0.1) is 0 Å². The van der Waals surface area contributed by atoms with Crippen molar-refractivity contribution in [1.82, 2.24) is 14.8 Å². The van der Waals surface area contributed by atoms with E-state index in [4.69, 9.17) is 23.2 Å². The topological polar surface area (TPSA) is 19.4 Å². The van der Waals surface area contributed by atoms with Crippen LogP contribution >= 0.6 is 23.2 Å². The summed E-state index contributed by atoms with van der Waals surface area (Å²) < 4.78 is 0. The molecule has 100 valence electrons. The summed E-state index contributed by atoms with van der Waals surface area (Å²) in [4.78, 5) is 8.95. The van der Waals surface area contributed by atoms with Gasteiger partial charge in [-0.05, 0) is 19.5 Å². The summed E-state index contributed by atoms with van der Waals surface area (Å²) in [5.74, 6) is 0. The molecule has 1 aromatic heterocycles. The second kappa shape index (κ2) is 6.20. The quantitative estimate of drug-likeness (QED) is 0.797. The van der Waals surface area contributed by atoms with Crippen LogP contribution in [0.15, 0.2) is 12.1 Å². The maximum Gasteiger partial charge on any atom is 0.135 e. The van der Waals surface area contributed by atoms with E-state index in [0.29, 0.717) is 16.3 Å². The smallest absolute Gasteiger partial charge is 0.135 e. The molecule has 0 aliphatic carbocycles. The lowest BCUT2D eigenvalue weighted by molar-refractivity contribution is 0.0883. The van der Waals surface area contributed by atoms with Crippen LogP contribution in [-0.2, 0) is 6.54 Å². The maximum absolute atomic E-state index is 6.12. The maximum atomic E-state index is 6.12. The van der Waals surface area contributed by atoms with Gasteiger partial charge in [0.15, 0.2) is 0 Å². The summed E-state index contributed by atoms with van der Waals surface area (Å²) in [5.41, 5.74) is 1.06. The Morgan fingerprint density at radius 1 is 1.33 bits per heavy atom. The van der Waals surface area contributed by atoms with Gasteiger partial charge in [0.1, 0.15) is 10.3 Å². The van der Waals surface area contributed by atoms with Crippen molar-refractivity contribution in [3.05, 3.63) is 28.0 Å². The molecule has 3 nitrogen and oxygen atoms in total. The van der Waals surface area contributed by atoms with Crippen molar-refractivity contribution >= 4 is 23.2 Å². The van der Waals surface area contributed by atoms with Gasteiger partial charge >= 0.3 is 0 Å². The molecule has 0 saturated carbocycles. The van der Waals surface area contributed by atoms with E-state index in [-0.39, 0.29) is 0 Å². The van der Waals surface area contributed by atoms with Gasteiger partial charge in [-0.2, -0.15) is 0 Å². The summed E-state index contributed by atoms with van der Waals surface area (Å²) in [6.07, 6.45) is 1.18. The van der Waals surface area contributed by atoms with Crippen molar-refractivity contribution in [3.63, 3.8) is 0 Å². The third-order valence-corrected chi connectivity index (χ3v) is 4.16. The first-order valence-electron chi connectivity index (χ1n) is 6.33. The summed E-state index contributed by atoms with van der Waals surface area (Å²) in [7, 11) is 2.20. The Hall–Kier alpha value is -0.350. The van der Waals surface area contributed by atoms with Crippen molar-refractivity contribution in [3.8, 4) is 0 Å². The van der Waals surface area contributed by atoms with E-state index >= 15 is 0 Å². The molecule has 1 saturated heterocycles. The molecule has 1 atom stereocenters. The summed E-state index contributed by atoms with van der Waals surface area (Å²) in [5, 5.41) is 0.975. The van der Waals surface area contributed by atoms with Crippen molar-refractivity contribution in [2.24, 2.45) is 0 Å². The van der Waals surface area contributed by atoms with Crippen LogP contribution in [0.5, 0.6) is 0 Å². The third kappa shape index (κ3) is 3.35. The average molecular weight is 288 g/mol. The van der Waals surface area contributed by atoms with Crippen LogP contribution in [0.25, 0.3) is 0 Å². The molecule has 1 unspecified atom stereocenters. The predicted molar refractivity (Wildman–Crippen MR) is 76.2 cm³/mol. The Bertz CT molecular complexity index is 411. The predicted octanol–water partition coefficient (Wildman–Crippen LogP) is 2.91. The second-order valence-electron chi connectivity index (χ2n) is 4.86. The molecule has 0 bridgehead atoms. The molecule has 1 aliphatic rings. The van der Waals surface area contributed by atoms with Gasteiger partial charge in [0.05, 0.1) is 0 Å². The Balaban J connectivity index is 2.01. The number of pyridine rings is 1. The molecular formula is C13H19Cl2N3. The minimum Gasteiger partial charge on any atom is -0.301 e. The van der Waals surface area contributed by atoms with Crippen LogP contribution in [0.4, 0.5) is 0 Å². The van der Waals surface area contributed by atoms with E-state index in [1.165, 1.54) is 6.42 Å². The van der Waals surface area contributed by atoms with E-state index in [2.05, 4.69) is 28.8 Å². The number of rotatable bonds is 3. The van der Waals surface area contributed by atoms with Gasteiger partial charge in [-0.25, -0.2) is 4.98 Å². The van der Waals surface area contributed by atoms with Gasteiger partial charge in [0, 0.05) is 37.8 Å². The van der Waals surface area contributed by atoms with Gasteiger partial charge in [0.25, 0.3) is 0 Å². The number of hydrogen-bond acceptors (Lipinski definition) is 3. The molecular weight excluding hydrogens is 269 g/mol. The van der Waals surface area contributed by atoms with Crippen LogP contribution in [0.1, 0.15) is 18.9 Å². The molecule has 18 heavy (non-hydrogen) atoms. The molecule has 0 aromatic carbocycles. The first kappa shape index (κ1) is 14.1. The zero-order valence-electron chi connectivity index (χ0n) is 10.9. The van der Waals surface area contributed by atoms with Crippen molar-refractivity contribution in [2.75, 3.05) is 26.7 Å². The summed E-state index contributed by atoms with van der Waals surface area (Å²) in [6, 6.07) is 4.41. The zero-order valence-corrected chi connectivity index (χ0v) is 12.4. The van der Waals surface area contributed by atoms with Crippen LogP contribution in [-0.4, -0.2) is 47.5 Å². The van der Waals surface area contributed by atoms with Crippen LogP contribution in [0, 0.1) is 0 Å². The fraction of sp³-hybridized carbons (Fsp3) is 0.615. The number of aromatic nitrogens is 1. The first-order chi connectivity index (χ1) is 8.60. The van der Waals surface area contributed by atoms with Crippen LogP contribution in [0.3, 0.4) is 0 Å². The second-order valence-corrected chi connectivity index (χ2v) is 5.61. The lowest BCUT2D eigenvalue weighted by Gasteiger charge is -2.39. The summed E-state index contributed by atoms with van der Waals surface area (Å²) >= 11 is 11.9. The largest absolute Gasteiger partial charge is 0.301 e. The number of hydrogen-bond donors (Lipinski definition) is 0. The van der Waals surface area contributed by atoms with Crippen LogP contribution < -0.4 is 0 Å². The lowest BCUT2D eigenvalue weighted by atomic mass is 10.1. The fourth-order valence-electron chi connectivity index (χ4n) is 2.39. The molecule has 2 rings (SSSR count). The number of piperazine rings is 1. The Kier molecular flexibility index (Phi) is 4.84. The van der Waals surface area contributed by atoms with E-state index in [9.17, 15) is 0 Å². The van der Waals surface area contributed by atoms with E-state index in [1.807, 2.05) is 6.07 Å². The minimum atomic E-state index is 0.452. The van der Waals surface area contributed by atoms with Crippen LogP contribution in [0.2, 0.25) is 10.3 Å². The molecule has 0 amide bonds. The molecule has 1 fully saturated rings. The molecule has 2 heterocycles. The van der Waals surface area contributed by atoms with Gasteiger partial charge in [-0.3, -0.25) is 4.90 Å². The highest BCUT2D eigenvalue weighted by molar-refractivity contribution is 6.32. The normalized spacial score (nSPS) is 22.3. The lowest BCUT2D eigenvalue weighted by Crippen LogP contribution is -2.50. The first-order valence-corrected chi connectivity index (χ1v) is 7.09. The molecule has 0 N–H and O–H groups in total. The molecule has 0 spiro atoms. The molecule has 5 heteroatoms. The average Bonchev–Trinajstić information content (AvgIpc) is 2.35. The number of likely N-dealkylation sites (N-methyl/N-ethyl adjacent to an activating group) is 1. The van der Waals surface area contributed by atoms with Gasteiger partial charge < -0.3 is 4.90 Å². The highest BCUT2D eigenvalue weighted by Gasteiger charge is 2.23. The Morgan fingerprint density at radius 2 is 2.11 bits per heavy atom. The molecule has 1 aromatic rings. The fourth-order valence-corrected chi connectivity index (χ4v) is 2.80.